The molecule has 8 heteroatoms. The molecule has 0 saturated carbocycles. The van der Waals surface area contributed by atoms with Crippen molar-refractivity contribution in [3.63, 3.8) is 0 Å². The molecule has 1 amide bonds. The van der Waals surface area contributed by atoms with Gasteiger partial charge in [-0.15, -0.1) is 0 Å². The van der Waals surface area contributed by atoms with E-state index in [4.69, 9.17) is 4.42 Å². The van der Waals surface area contributed by atoms with Crippen molar-refractivity contribution in [3.8, 4) is 0 Å². The molecule has 1 unspecified atom stereocenters. The van der Waals surface area contributed by atoms with Gasteiger partial charge in [-0.2, -0.15) is 0 Å². The molecule has 0 fully saturated rings. The average molecular weight is 303 g/mol. The highest BCUT2D eigenvalue weighted by atomic mass is 16.6. The molecule has 2 rings (SSSR count). The summed E-state index contributed by atoms with van der Waals surface area (Å²) in [6.07, 6.45) is 0.314. The number of hydrogen-bond donors (Lipinski definition) is 2. The van der Waals surface area contributed by atoms with Crippen molar-refractivity contribution in [2.24, 2.45) is 0 Å². The fourth-order valence-corrected chi connectivity index (χ4v) is 1.78. The molecule has 1 aromatic carbocycles. The third-order valence-electron chi connectivity index (χ3n) is 2.76. The number of carbonyl (C=O) groups is 2. The number of nitrogens with one attached hydrogen (secondary N) is 2. The summed E-state index contributed by atoms with van der Waals surface area (Å²) >= 11 is 0. The van der Waals surface area contributed by atoms with Crippen molar-refractivity contribution in [2.75, 3.05) is 5.32 Å². The van der Waals surface area contributed by atoms with Crippen molar-refractivity contribution in [1.29, 1.82) is 0 Å². The lowest BCUT2D eigenvalue weighted by Gasteiger charge is -2.18. The summed E-state index contributed by atoms with van der Waals surface area (Å²) in [5, 5.41) is 15.9. The van der Waals surface area contributed by atoms with Gasteiger partial charge in [0.2, 0.25) is 11.7 Å². The van der Waals surface area contributed by atoms with Gasteiger partial charge in [-0.3, -0.25) is 19.7 Å². The molecular weight excluding hydrogens is 290 g/mol. The van der Waals surface area contributed by atoms with Crippen LogP contribution in [0.5, 0.6) is 0 Å². The number of hydrogen-bond acceptors (Lipinski definition) is 6. The summed E-state index contributed by atoms with van der Waals surface area (Å²) in [5.41, 5.74) is 0.378. The Kier molecular flexibility index (Phi) is 4.52. The third kappa shape index (κ3) is 3.69. The van der Waals surface area contributed by atoms with Crippen LogP contribution in [0.15, 0.2) is 47.1 Å². The quantitative estimate of drug-likeness (QED) is 0.365. The van der Waals surface area contributed by atoms with E-state index in [-0.39, 0.29) is 11.4 Å². The molecule has 22 heavy (non-hydrogen) atoms. The van der Waals surface area contributed by atoms with Gasteiger partial charge in [-0.1, -0.05) is 0 Å². The number of anilines is 1. The molecule has 0 spiro atoms. The number of amides is 1. The summed E-state index contributed by atoms with van der Waals surface area (Å²) < 4.78 is 5.02. The summed E-state index contributed by atoms with van der Waals surface area (Å²) in [6, 6.07) is 8.53. The van der Waals surface area contributed by atoms with Crippen molar-refractivity contribution in [3.05, 3.63) is 58.5 Å². The fourth-order valence-electron chi connectivity index (χ4n) is 1.78. The fraction of sp³-hybridized carbons (Fsp3) is 0.143. The zero-order valence-corrected chi connectivity index (χ0v) is 11.6. The Labute approximate surface area is 125 Å². The Morgan fingerprint density at radius 1 is 1.23 bits per heavy atom. The van der Waals surface area contributed by atoms with Gasteiger partial charge in [0.25, 0.3) is 5.69 Å². The van der Waals surface area contributed by atoms with Crippen LogP contribution in [-0.4, -0.2) is 22.8 Å². The largest absolute Gasteiger partial charge is 0.461 e. The first kappa shape index (κ1) is 15.2. The zero-order valence-electron chi connectivity index (χ0n) is 11.6. The van der Waals surface area contributed by atoms with Crippen molar-refractivity contribution >= 4 is 23.1 Å². The number of nitro groups is 1. The number of benzene rings is 1. The van der Waals surface area contributed by atoms with Gasteiger partial charge in [-0.25, -0.2) is 0 Å². The normalized spacial score (nSPS) is 11.5. The van der Waals surface area contributed by atoms with E-state index in [1.807, 2.05) is 0 Å². The van der Waals surface area contributed by atoms with Crippen LogP contribution in [0.25, 0.3) is 0 Å². The summed E-state index contributed by atoms with van der Waals surface area (Å²) in [6.45, 7) is 1.28. The van der Waals surface area contributed by atoms with Crippen molar-refractivity contribution in [2.45, 2.75) is 13.1 Å². The lowest BCUT2D eigenvalue weighted by atomic mass is 10.2. The van der Waals surface area contributed by atoms with Gasteiger partial charge < -0.3 is 15.1 Å². The third-order valence-corrected chi connectivity index (χ3v) is 2.76. The van der Waals surface area contributed by atoms with Gasteiger partial charge in [0.05, 0.1) is 11.2 Å². The van der Waals surface area contributed by atoms with E-state index in [9.17, 15) is 19.7 Å². The summed E-state index contributed by atoms with van der Waals surface area (Å²) in [5.74, 6) is -0.772. The van der Waals surface area contributed by atoms with E-state index in [2.05, 4.69) is 10.6 Å². The number of furan rings is 1. The molecule has 1 atom stereocenters. The highest BCUT2D eigenvalue weighted by Crippen LogP contribution is 2.16. The maximum atomic E-state index is 12.2. The minimum Gasteiger partial charge on any atom is -0.461 e. The SMILES string of the molecule is CC(=O)NC(Nc1ccc([N+](=O)[O-])cc1)C(=O)c1ccco1. The Balaban J connectivity index is 2.17. The number of Topliss-reactive ketones (excluding diaryl/α,β-unsaturated/α-hetero) is 1. The lowest BCUT2D eigenvalue weighted by molar-refractivity contribution is -0.384. The molecule has 1 heterocycles. The molecule has 2 N–H and O–H groups in total. The first-order chi connectivity index (χ1) is 10.5. The standard InChI is InChI=1S/C14H13N3O5/c1-9(18)15-14(13(19)12-3-2-8-22-12)16-10-4-6-11(7-5-10)17(20)21/h2-8,14,16H,1H3,(H,15,18). The maximum Gasteiger partial charge on any atom is 0.269 e. The van der Waals surface area contributed by atoms with Crippen LogP contribution in [0, 0.1) is 10.1 Å². The predicted octanol–water partition coefficient (Wildman–Crippen LogP) is 1.94. The lowest BCUT2D eigenvalue weighted by Crippen LogP contribution is -2.45. The van der Waals surface area contributed by atoms with Crippen LogP contribution in [0.2, 0.25) is 0 Å². The average Bonchev–Trinajstić information content (AvgIpc) is 3.00. The van der Waals surface area contributed by atoms with Crippen LogP contribution in [0.1, 0.15) is 17.5 Å². The van der Waals surface area contributed by atoms with E-state index in [1.54, 1.807) is 6.07 Å². The Hall–Kier alpha value is -3.16. The molecule has 114 valence electrons. The first-order valence-corrected chi connectivity index (χ1v) is 6.33. The molecule has 0 bridgehead atoms. The van der Waals surface area contributed by atoms with Gasteiger partial charge in [0, 0.05) is 24.7 Å². The van der Waals surface area contributed by atoms with Crippen LogP contribution in [0.4, 0.5) is 11.4 Å². The number of carbonyl (C=O) groups excluding carboxylic acids is 2. The molecule has 0 aliphatic heterocycles. The van der Waals surface area contributed by atoms with E-state index in [0.717, 1.165) is 0 Å². The molecule has 0 aliphatic carbocycles. The first-order valence-electron chi connectivity index (χ1n) is 6.33. The predicted molar refractivity (Wildman–Crippen MR) is 77.4 cm³/mol. The molecular formula is C14H13N3O5. The second-order valence-electron chi connectivity index (χ2n) is 4.42. The Morgan fingerprint density at radius 3 is 2.41 bits per heavy atom. The monoisotopic (exact) mass is 303 g/mol. The smallest absolute Gasteiger partial charge is 0.269 e. The molecule has 0 saturated heterocycles. The van der Waals surface area contributed by atoms with Gasteiger partial charge in [0.1, 0.15) is 0 Å². The van der Waals surface area contributed by atoms with Crippen LogP contribution >= 0.6 is 0 Å². The van der Waals surface area contributed by atoms with Gasteiger partial charge >= 0.3 is 0 Å². The second kappa shape index (κ2) is 6.53. The highest BCUT2D eigenvalue weighted by molar-refractivity contribution is 6.01. The molecule has 0 aliphatic rings. The maximum absolute atomic E-state index is 12.2. The number of nitro benzene ring substituents is 1. The zero-order chi connectivity index (χ0) is 16.1. The topological polar surface area (TPSA) is 114 Å². The summed E-state index contributed by atoms with van der Waals surface area (Å²) in [7, 11) is 0. The minimum atomic E-state index is -1.04. The van der Waals surface area contributed by atoms with Crippen molar-refractivity contribution in [1.82, 2.24) is 5.32 Å². The Morgan fingerprint density at radius 2 is 1.91 bits per heavy atom. The minimum absolute atomic E-state index is 0.0704. The van der Waals surface area contributed by atoms with Crippen LogP contribution in [-0.2, 0) is 4.79 Å². The summed E-state index contributed by atoms with van der Waals surface area (Å²) in [4.78, 5) is 33.6. The van der Waals surface area contributed by atoms with Crippen LogP contribution < -0.4 is 10.6 Å². The van der Waals surface area contributed by atoms with E-state index < -0.39 is 22.8 Å². The molecule has 8 nitrogen and oxygen atoms in total. The number of nitrogens with zero attached hydrogens (tertiary/aromatic N) is 1. The highest BCUT2D eigenvalue weighted by Gasteiger charge is 2.23. The van der Waals surface area contributed by atoms with Crippen molar-refractivity contribution < 1.29 is 18.9 Å². The second-order valence-corrected chi connectivity index (χ2v) is 4.42. The van der Waals surface area contributed by atoms with E-state index in [1.165, 1.54) is 43.5 Å². The number of ketones is 1. The Bertz CT molecular complexity index is 679. The molecule has 2 aromatic rings. The number of rotatable bonds is 6. The van der Waals surface area contributed by atoms with E-state index >= 15 is 0 Å². The number of non-ortho nitro benzene ring substituents is 1. The van der Waals surface area contributed by atoms with E-state index in [0.29, 0.717) is 5.69 Å². The molecule has 0 radical (unpaired) electrons. The molecule has 1 aromatic heterocycles. The van der Waals surface area contributed by atoms with Gasteiger partial charge in [-0.05, 0) is 24.3 Å². The van der Waals surface area contributed by atoms with Gasteiger partial charge in [0.15, 0.2) is 11.9 Å². The van der Waals surface area contributed by atoms with Crippen LogP contribution in [0.3, 0.4) is 0 Å².